The molecule has 2 rings (SSSR count). The van der Waals surface area contributed by atoms with Crippen molar-refractivity contribution in [3.63, 3.8) is 0 Å². The number of hydrogen-bond donors (Lipinski definition) is 1. The molecular formula is C13H12N4O. The van der Waals surface area contributed by atoms with Gasteiger partial charge in [-0.15, -0.1) is 5.10 Å². The van der Waals surface area contributed by atoms with E-state index in [9.17, 15) is 0 Å². The molecule has 0 aliphatic carbocycles. The normalized spacial score (nSPS) is 9.56. The van der Waals surface area contributed by atoms with Gasteiger partial charge in [0.15, 0.2) is 5.82 Å². The molecule has 0 fully saturated rings. The molecule has 1 N–H and O–H groups in total. The van der Waals surface area contributed by atoms with E-state index in [1.54, 1.807) is 13.2 Å². The molecule has 0 spiro atoms. The predicted octanol–water partition coefficient (Wildman–Crippen LogP) is 1.97. The van der Waals surface area contributed by atoms with E-state index in [1.807, 2.05) is 24.3 Å². The number of aromatic nitrogens is 2. The molecule has 0 unspecified atom stereocenters. The van der Waals surface area contributed by atoms with Gasteiger partial charge in [-0.05, 0) is 23.8 Å². The van der Waals surface area contributed by atoms with Crippen molar-refractivity contribution in [1.82, 2.24) is 10.2 Å². The first-order valence-corrected chi connectivity index (χ1v) is 5.42. The van der Waals surface area contributed by atoms with Gasteiger partial charge >= 0.3 is 0 Å². The zero-order chi connectivity index (χ0) is 12.8. The van der Waals surface area contributed by atoms with Crippen LogP contribution in [0.1, 0.15) is 11.1 Å². The van der Waals surface area contributed by atoms with Gasteiger partial charge in [0, 0.05) is 6.54 Å². The van der Waals surface area contributed by atoms with Gasteiger partial charge in [-0.3, -0.25) is 0 Å². The predicted molar refractivity (Wildman–Crippen MR) is 67.1 cm³/mol. The Hall–Kier alpha value is -2.61. The molecule has 0 bridgehead atoms. The van der Waals surface area contributed by atoms with Gasteiger partial charge in [0.1, 0.15) is 11.8 Å². The van der Waals surface area contributed by atoms with Crippen LogP contribution in [-0.4, -0.2) is 17.3 Å². The van der Waals surface area contributed by atoms with E-state index in [1.165, 1.54) is 6.20 Å². The summed E-state index contributed by atoms with van der Waals surface area (Å²) in [5, 5.41) is 19.6. The van der Waals surface area contributed by atoms with E-state index in [0.717, 1.165) is 11.3 Å². The molecule has 0 radical (unpaired) electrons. The summed E-state index contributed by atoms with van der Waals surface area (Å²) in [6, 6.07) is 11.4. The zero-order valence-electron chi connectivity index (χ0n) is 9.92. The smallest absolute Gasteiger partial charge is 0.166 e. The molecule has 0 aliphatic rings. The van der Waals surface area contributed by atoms with Gasteiger partial charge in [-0.2, -0.15) is 10.4 Å². The van der Waals surface area contributed by atoms with Gasteiger partial charge in [-0.25, -0.2) is 0 Å². The molecule has 2 aromatic rings. The second-order valence-corrected chi connectivity index (χ2v) is 3.61. The summed E-state index contributed by atoms with van der Waals surface area (Å²) in [6.07, 6.45) is 1.50. The average molecular weight is 240 g/mol. The minimum Gasteiger partial charge on any atom is -0.497 e. The number of ether oxygens (including phenoxy) is 1. The maximum Gasteiger partial charge on any atom is 0.166 e. The first-order chi connectivity index (χ1) is 8.83. The minimum atomic E-state index is 0.480. The Balaban J connectivity index is 2.09. The quantitative estimate of drug-likeness (QED) is 0.884. The van der Waals surface area contributed by atoms with Gasteiger partial charge in [0.05, 0.1) is 18.9 Å². The van der Waals surface area contributed by atoms with Crippen molar-refractivity contribution in [3.05, 3.63) is 47.7 Å². The SMILES string of the molecule is COc1cccc(CNc2nnccc2C#N)c1. The van der Waals surface area contributed by atoms with Crippen LogP contribution in [-0.2, 0) is 6.54 Å². The number of nitrogens with zero attached hydrogens (tertiary/aromatic N) is 3. The van der Waals surface area contributed by atoms with Crippen molar-refractivity contribution in [2.45, 2.75) is 6.54 Å². The van der Waals surface area contributed by atoms with Crippen molar-refractivity contribution < 1.29 is 4.74 Å². The van der Waals surface area contributed by atoms with Crippen molar-refractivity contribution >= 4 is 5.82 Å². The van der Waals surface area contributed by atoms with Crippen LogP contribution in [0.25, 0.3) is 0 Å². The summed E-state index contributed by atoms with van der Waals surface area (Å²) >= 11 is 0. The van der Waals surface area contributed by atoms with Crippen LogP contribution in [0.5, 0.6) is 5.75 Å². The monoisotopic (exact) mass is 240 g/mol. The molecule has 1 heterocycles. The Bertz CT molecular complexity index is 577. The Morgan fingerprint density at radius 2 is 2.28 bits per heavy atom. The van der Waals surface area contributed by atoms with Crippen LogP contribution in [0, 0.1) is 11.3 Å². The molecule has 90 valence electrons. The molecule has 0 aliphatic heterocycles. The molecule has 1 aromatic heterocycles. The standard InChI is InChI=1S/C13H12N4O/c1-18-12-4-2-3-10(7-12)9-15-13-11(8-14)5-6-16-17-13/h2-7H,9H2,1H3,(H,15,17). The summed E-state index contributed by atoms with van der Waals surface area (Å²) in [4.78, 5) is 0. The fourth-order valence-electron chi connectivity index (χ4n) is 1.52. The molecule has 0 atom stereocenters. The number of anilines is 1. The third-order valence-electron chi connectivity index (χ3n) is 2.44. The molecule has 0 amide bonds. The molecule has 18 heavy (non-hydrogen) atoms. The number of nitrogens with one attached hydrogen (secondary N) is 1. The lowest BCUT2D eigenvalue weighted by atomic mass is 10.2. The lowest BCUT2D eigenvalue weighted by Gasteiger charge is -2.07. The first kappa shape index (κ1) is 11.9. The fourth-order valence-corrected chi connectivity index (χ4v) is 1.52. The molecule has 5 nitrogen and oxygen atoms in total. The first-order valence-electron chi connectivity index (χ1n) is 5.42. The number of rotatable bonds is 4. The summed E-state index contributed by atoms with van der Waals surface area (Å²) in [6.45, 7) is 0.560. The number of nitriles is 1. The van der Waals surface area contributed by atoms with Crippen molar-refractivity contribution in [1.29, 1.82) is 5.26 Å². The Kier molecular flexibility index (Phi) is 3.72. The Morgan fingerprint density at radius 3 is 3.06 bits per heavy atom. The number of methoxy groups -OCH3 is 1. The summed E-state index contributed by atoms with van der Waals surface area (Å²) < 4.78 is 5.14. The lowest BCUT2D eigenvalue weighted by molar-refractivity contribution is 0.414. The molecular weight excluding hydrogens is 228 g/mol. The molecule has 1 aromatic carbocycles. The molecule has 0 saturated carbocycles. The van der Waals surface area contributed by atoms with E-state index in [4.69, 9.17) is 10.00 Å². The second kappa shape index (κ2) is 5.64. The lowest BCUT2D eigenvalue weighted by Crippen LogP contribution is -2.04. The summed E-state index contributed by atoms with van der Waals surface area (Å²) in [5.41, 5.74) is 1.52. The minimum absolute atomic E-state index is 0.480. The highest BCUT2D eigenvalue weighted by Crippen LogP contribution is 2.15. The van der Waals surface area contributed by atoms with Crippen molar-refractivity contribution in [2.24, 2.45) is 0 Å². The van der Waals surface area contributed by atoms with Crippen molar-refractivity contribution in [2.75, 3.05) is 12.4 Å². The van der Waals surface area contributed by atoms with Crippen molar-refractivity contribution in [3.8, 4) is 11.8 Å². The number of benzene rings is 1. The van der Waals surface area contributed by atoms with E-state index >= 15 is 0 Å². The van der Waals surface area contributed by atoms with Crippen LogP contribution in [0.4, 0.5) is 5.82 Å². The van der Waals surface area contributed by atoms with Gasteiger partial charge in [0.2, 0.25) is 0 Å². The van der Waals surface area contributed by atoms with Crippen LogP contribution < -0.4 is 10.1 Å². The zero-order valence-corrected chi connectivity index (χ0v) is 9.92. The number of hydrogen-bond acceptors (Lipinski definition) is 5. The maximum atomic E-state index is 8.92. The maximum absolute atomic E-state index is 8.92. The average Bonchev–Trinajstić information content (AvgIpc) is 2.45. The van der Waals surface area contributed by atoms with E-state index in [0.29, 0.717) is 17.9 Å². The highest BCUT2D eigenvalue weighted by atomic mass is 16.5. The molecule has 0 saturated heterocycles. The van der Waals surface area contributed by atoms with E-state index in [-0.39, 0.29) is 0 Å². The van der Waals surface area contributed by atoms with Crippen LogP contribution in [0.15, 0.2) is 36.5 Å². The summed E-state index contributed by atoms with van der Waals surface area (Å²) in [5.74, 6) is 1.29. The van der Waals surface area contributed by atoms with Gasteiger partial charge in [0.25, 0.3) is 0 Å². The van der Waals surface area contributed by atoms with Crippen LogP contribution >= 0.6 is 0 Å². The van der Waals surface area contributed by atoms with Gasteiger partial charge < -0.3 is 10.1 Å². The third kappa shape index (κ3) is 2.74. The fraction of sp³-hybridized carbons (Fsp3) is 0.154. The Morgan fingerprint density at radius 1 is 1.39 bits per heavy atom. The van der Waals surface area contributed by atoms with E-state index in [2.05, 4.69) is 21.6 Å². The highest BCUT2D eigenvalue weighted by Gasteiger charge is 2.03. The topological polar surface area (TPSA) is 70.8 Å². The Labute approximate surface area is 105 Å². The van der Waals surface area contributed by atoms with Crippen LogP contribution in [0.3, 0.4) is 0 Å². The molecule has 5 heteroatoms. The van der Waals surface area contributed by atoms with E-state index < -0.39 is 0 Å². The van der Waals surface area contributed by atoms with Gasteiger partial charge in [-0.1, -0.05) is 12.1 Å². The summed E-state index contributed by atoms with van der Waals surface area (Å²) in [7, 11) is 1.63. The highest BCUT2D eigenvalue weighted by molar-refractivity contribution is 5.50. The third-order valence-corrected chi connectivity index (χ3v) is 2.44. The second-order valence-electron chi connectivity index (χ2n) is 3.61. The van der Waals surface area contributed by atoms with Crippen LogP contribution in [0.2, 0.25) is 0 Å². The largest absolute Gasteiger partial charge is 0.497 e.